The van der Waals surface area contributed by atoms with Gasteiger partial charge < -0.3 is 9.47 Å². The van der Waals surface area contributed by atoms with Crippen LogP contribution in [-0.2, 0) is 15.9 Å². The van der Waals surface area contributed by atoms with Gasteiger partial charge in [0, 0.05) is 0 Å². The zero-order chi connectivity index (χ0) is 13.0. The Kier molecular flexibility index (Phi) is 4.91. The molecular formula is C12H16ClFN2O2. The third-order valence-corrected chi connectivity index (χ3v) is 3.25. The highest BCUT2D eigenvalue weighted by Gasteiger charge is 2.24. The highest BCUT2D eigenvalue weighted by atomic mass is 35.5. The molecule has 0 aromatic heterocycles. The van der Waals surface area contributed by atoms with Crippen LogP contribution >= 0.6 is 11.6 Å². The van der Waals surface area contributed by atoms with Crippen LogP contribution in [0.1, 0.15) is 5.56 Å². The van der Waals surface area contributed by atoms with Crippen molar-refractivity contribution in [2.45, 2.75) is 18.6 Å². The van der Waals surface area contributed by atoms with Crippen LogP contribution in [0.15, 0.2) is 18.2 Å². The molecule has 1 aromatic carbocycles. The maximum absolute atomic E-state index is 13.3. The first kappa shape index (κ1) is 13.7. The van der Waals surface area contributed by atoms with Crippen LogP contribution in [0.4, 0.5) is 4.39 Å². The molecule has 18 heavy (non-hydrogen) atoms. The molecule has 3 N–H and O–H groups in total. The van der Waals surface area contributed by atoms with E-state index >= 15 is 0 Å². The maximum atomic E-state index is 13.3. The van der Waals surface area contributed by atoms with Crippen molar-refractivity contribution in [2.75, 3.05) is 19.8 Å². The Balaban J connectivity index is 2.02. The Hall–Kier alpha value is -0.720. The van der Waals surface area contributed by atoms with E-state index in [1.165, 1.54) is 12.1 Å². The second kappa shape index (κ2) is 6.45. The van der Waals surface area contributed by atoms with E-state index in [1.807, 2.05) is 0 Å². The van der Waals surface area contributed by atoms with Crippen LogP contribution in [0.5, 0.6) is 0 Å². The van der Waals surface area contributed by atoms with Gasteiger partial charge in [-0.15, -0.1) is 0 Å². The lowest BCUT2D eigenvalue weighted by Crippen LogP contribution is -2.50. The molecule has 0 radical (unpaired) electrons. The molecule has 2 unspecified atom stereocenters. The summed E-state index contributed by atoms with van der Waals surface area (Å²) in [5.74, 6) is 5.09. The molecule has 1 heterocycles. The van der Waals surface area contributed by atoms with Gasteiger partial charge in [-0.2, -0.15) is 0 Å². The molecule has 0 saturated carbocycles. The second-order valence-corrected chi connectivity index (χ2v) is 4.62. The van der Waals surface area contributed by atoms with Gasteiger partial charge in [0.15, 0.2) is 0 Å². The van der Waals surface area contributed by atoms with E-state index in [0.717, 1.165) is 5.56 Å². The standard InChI is InChI=1S/C12H16ClFN2O2/c13-9-2-1-8(5-10(9)14)6-11(16-15)12-7-17-3-4-18-12/h1-2,5,11-12,16H,3-4,6-7,15H2. The Labute approximate surface area is 110 Å². The zero-order valence-electron chi connectivity index (χ0n) is 9.86. The van der Waals surface area contributed by atoms with Gasteiger partial charge in [-0.3, -0.25) is 11.3 Å². The van der Waals surface area contributed by atoms with Crippen LogP contribution in [0, 0.1) is 5.82 Å². The molecule has 1 fully saturated rings. The average Bonchev–Trinajstić information content (AvgIpc) is 2.41. The first-order valence-corrected chi connectivity index (χ1v) is 6.18. The largest absolute Gasteiger partial charge is 0.376 e. The van der Waals surface area contributed by atoms with E-state index in [0.29, 0.717) is 26.2 Å². The first-order valence-electron chi connectivity index (χ1n) is 5.80. The normalized spacial score (nSPS) is 21.8. The van der Waals surface area contributed by atoms with Gasteiger partial charge in [-0.1, -0.05) is 17.7 Å². The van der Waals surface area contributed by atoms with Crippen molar-refractivity contribution in [3.63, 3.8) is 0 Å². The number of ether oxygens (including phenoxy) is 2. The van der Waals surface area contributed by atoms with Crippen molar-refractivity contribution in [1.29, 1.82) is 0 Å². The molecule has 2 atom stereocenters. The summed E-state index contributed by atoms with van der Waals surface area (Å²) in [5, 5.41) is 0.119. The average molecular weight is 275 g/mol. The molecule has 0 amide bonds. The summed E-state index contributed by atoms with van der Waals surface area (Å²) < 4.78 is 24.2. The van der Waals surface area contributed by atoms with Crippen molar-refractivity contribution in [3.8, 4) is 0 Å². The summed E-state index contributed by atoms with van der Waals surface area (Å²) >= 11 is 5.64. The third kappa shape index (κ3) is 3.40. The Morgan fingerprint density at radius 1 is 1.50 bits per heavy atom. The minimum atomic E-state index is -0.425. The van der Waals surface area contributed by atoms with E-state index in [1.54, 1.807) is 6.07 Å². The van der Waals surface area contributed by atoms with Crippen molar-refractivity contribution >= 4 is 11.6 Å². The van der Waals surface area contributed by atoms with Gasteiger partial charge in [-0.25, -0.2) is 4.39 Å². The molecule has 100 valence electrons. The fourth-order valence-electron chi connectivity index (χ4n) is 1.96. The molecule has 0 bridgehead atoms. The number of hydrogen-bond acceptors (Lipinski definition) is 4. The summed E-state index contributed by atoms with van der Waals surface area (Å²) in [4.78, 5) is 0. The molecule has 2 rings (SSSR count). The number of hydrogen-bond donors (Lipinski definition) is 2. The van der Waals surface area contributed by atoms with E-state index in [-0.39, 0.29) is 17.2 Å². The van der Waals surface area contributed by atoms with Gasteiger partial charge in [-0.05, 0) is 24.1 Å². The summed E-state index contributed by atoms with van der Waals surface area (Å²) in [6.45, 7) is 1.64. The van der Waals surface area contributed by atoms with Crippen LogP contribution < -0.4 is 11.3 Å². The Bertz CT molecular complexity index is 400. The molecule has 0 aliphatic carbocycles. The molecule has 4 nitrogen and oxygen atoms in total. The Morgan fingerprint density at radius 3 is 2.94 bits per heavy atom. The summed E-state index contributed by atoms with van der Waals surface area (Å²) in [6, 6.07) is 4.61. The number of benzene rings is 1. The van der Waals surface area contributed by atoms with E-state index in [4.69, 9.17) is 26.9 Å². The molecule has 1 saturated heterocycles. The fraction of sp³-hybridized carbons (Fsp3) is 0.500. The summed E-state index contributed by atoms with van der Waals surface area (Å²) in [6.07, 6.45) is 0.431. The van der Waals surface area contributed by atoms with Gasteiger partial charge in [0.25, 0.3) is 0 Å². The summed E-state index contributed by atoms with van der Waals surface area (Å²) in [7, 11) is 0. The van der Waals surface area contributed by atoms with Crippen LogP contribution in [0.25, 0.3) is 0 Å². The predicted octanol–water partition coefficient (Wildman–Crippen LogP) is 1.27. The van der Waals surface area contributed by atoms with E-state index in [2.05, 4.69) is 5.43 Å². The molecule has 6 heteroatoms. The van der Waals surface area contributed by atoms with Gasteiger partial charge in [0.2, 0.25) is 0 Å². The quantitative estimate of drug-likeness (QED) is 0.641. The highest BCUT2D eigenvalue weighted by Crippen LogP contribution is 2.18. The van der Waals surface area contributed by atoms with Crippen molar-refractivity contribution in [2.24, 2.45) is 5.84 Å². The number of nitrogens with two attached hydrogens (primary N) is 1. The molecule has 1 aliphatic heterocycles. The van der Waals surface area contributed by atoms with Crippen molar-refractivity contribution in [3.05, 3.63) is 34.6 Å². The van der Waals surface area contributed by atoms with Crippen molar-refractivity contribution in [1.82, 2.24) is 5.43 Å². The zero-order valence-corrected chi connectivity index (χ0v) is 10.6. The van der Waals surface area contributed by atoms with Gasteiger partial charge in [0.1, 0.15) is 5.82 Å². The third-order valence-electron chi connectivity index (χ3n) is 2.94. The number of hydrazine groups is 1. The minimum absolute atomic E-state index is 0.119. The number of halogens is 2. The first-order chi connectivity index (χ1) is 8.70. The molecule has 1 aliphatic rings. The lowest BCUT2D eigenvalue weighted by Gasteiger charge is -2.30. The summed E-state index contributed by atoms with van der Waals surface area (Å²) in [5.41, 5.74) is 3.51. The maximum Gasteiger partial charge on any atom is 0.142 e. The number of rotatable bonds is 4. The topological polar surface area (TPSA) is 56.5 Å². The van der Waals surface area contributed by atoms with Crippen LogP contribution in [0.2, 0.25) is 5.02 Å². The van der Waals surface area contributed by atoms with E-state index < -0.39 is 5.82 Å². The van der Waals surface area contributed by atoms with Gasteiger partial charge in [0.05, 0.1) is 37.0 Å². The van der Waals surface area contributed by atoms with Crippen LogP contribution in [0.3, 0.4) is 0 Å². The fourth-order valence-corrected chi connectivity index (χ4v) is 2.07. The SMILES string of the molecule is NNC(Cc1ccc(Cl)c(F)c1)C1COCCO1. The second-order valence-electron chi connectivity index (χ2n) is 4.21. The highest BCUT2D eigenvalue weighted by molar-refractivity contribution is 6.30. The molecule has 0 spiro atoms. The molecule has 1 aromatic rings. The smallest absolute Gasteiger partial charge is 0.142 e. The lowest BCUT2D eigenvalue weighted by molar-refractivity contribution is -0.101. The monoisotopic (exact) mass is 274 g/mol. The minimum Gasteiger partial charge on any atom is -0.376 e. The lowest BCUT2D eigenvalue weighted by atomic mass is 10.0. The number of nitrogens with one attached hydrogen (secondary N) is 1. The Morgan fingerprint density at radius 2 is 2.33 bits per heavy atom. The van der Waals surface area contributed by atoms with Gasteiger partial charge >= 0.3 is 0 Å². The van der Waals surface area contributed by atoms with Crippen LogP contribution in [-0.4, -0.2) is 32.0 Å². The molecular weight excluding hydrogens is 259 g/mol. The van der Waals surface area contributed by atoms with Crippen molar-refractivity contribution < 1.29 is 13.9 Å². The van der Waals surface area contributed by atoms with E-state index in [9.17, 15) is 4.39 Å². The predicted molar refractivity (Wildman–Crippen MR) is 66.8 cm³/mol.